The molecule has 0 amide bonds. The van der Waals surface area contributed by atoms with Gasteiger partial charge in [0.1, 0.15) is 0 Å². The van der Waals surface area contributed by atoms with Gasteiger partial charge in [-0.1, -0.05) is 23.7 Å². The first-order valence-electron chi connectivity index (χ1n) is 6.09. The van der Waals surface area contributed by atoms with Crippen LogP contribution in [0.15, 0.2) is 36.5 Å². The fourth-order valence-corrected chi connectivity index (χ4v) is 3.49. The van der Waals surface area contributed by atoms with Crippen molar-refractivity contribution >= 4 is 33.8 Å². The highest BCUT2D eigenvalue weighted by Gasteiger charge is 2.33. The highest BCUT2D eigenvalue weighted by Crippen LogP contribution is 2.40. The van der Waals surface area contributed by atoms with Crippen LogP contribution in [0.25, 0.3) is 21.3 Å². The second kappa shape index (κ2) is 5.00. The van der Waals surface area contributed by atoms with Gasteiger partial charge in [0.25, 0.3) is 0 Å². The number of halogens is 4. The molecule has 3 rings (SSSR count). The summed E-state index contributed by atoms with van der Waals surface area (Å²) >= 11 is 7.28. The molecule has 0 spiro atoms. The number of thiophene rings is 1. The van der Waals surface area contributed by atoms with Gasteiger partial charge in [-0.05, 0) is 30.7 Å². The van der Waals surface area contributed by atoms with Gasteiger partial charge in [-0.3, -0.25) is 4.98 Å². The van der Waals surface area contributed by atoms with Crippen molar-refractivity contribution in [2.75, 3.05) is 0 Å². The lowest BCUT2D eigenvalue weighted by Crippen LogP contribution is -2.06. The summed E-state index contributed by atoms with van der Waals surface area (Å²) in [7, 11) is 0. The van der Waals surface area contributed by atoms with E-state index in [2.05, 4.69) is 4.98 Å². The van der Waals surface area contributed by atoms with Crippen LogP contribution in [0.3, 0.4) is 0 Å². The number of hydrogen-bond donors (Lipinski definition) is 0. The van der Waals surface area contributed by atoms with Gasteiger partial charge in [0, 0.05) is 22.0 Å². The van der Waals surface area contributed by atoms with E-state index in [-0.39, 0.29) is 5.52 Å². The molecular formula is C15H9ClF3NS. The Hall–Kier alpha value is -1.59. The zero-order valence-corrected chi connectivity index (χ0v) is 12.4. The smallest absolute Gasteiger partial charge is 0.255 e. The lowest BCUT2D eigenvalue weighted by atomic mass is 10.0. The van der Waals surface area contributed by atoms with Gasteiger partial charge in [0.2, 0.25) is 0 Å². The van der Waals surface area contributed by atoms with Crippen LogP contribution in [0.2, 0.25) is 4.34 Å². The van der Waals surface area contributed by atoms with E-state index in [4.69, 9.17) is 11.6 Å². The third kappa shape index (κ3) is 2.51. The molecule has 0 bridgehead atoms. The first kappa shape index (κ1) is 14.4. The Morgan fingerprint density at radius 3 is 2.52 bits per heavy atom. The first-order valence-corrected chi connectivity index (χ1v) is 7.28. The molecule has 2 aromatic heterocycles. The van der Waals surface area contributed by atoms with Gasteiger partial charge < -0.3 is 0 Å². The highest BCUT2D eigenvalue weighted by atomic mass is 35.5. The van der Waals surface area contributed by atoms with Crippen LogP contribution in [0.1, 0.15) is 11.1 Å². The van der Waals surface area contributed by atoms with E-state index in [0.717, 1.165) is 22.1 Å². The second-order valence-electron chi connectivity index (χ2n) is 4.62. The predicted octanol–water partition coefficient (Wildman–Crippen LogP) is 5.94. The molecule has 0 atom stereocenters. The molecule has 0 saturated heterocycles. The lowest BCUT2D eigenvalue weighted by molar-refractivity contribution is -0.136. The molecule has 0 aliphatic heterocycles. The van der Waals surface area contributed by atoms with Crippen molar-refractivity contribution in [2.45, 2.75) is 13.1 Å². The Morgan fingerprint density at radius 2 is 1.90 bits per heavy atom. The van der Waals surface area contributed by atoms with Crippen LogP contribution in [-0.4, -0.2) is 4.98 Å². The summed E-state index contributed by atoms with van der Waals surface area (Å²) in [4.78, 5) is 4.83. The summed E-state index contributed by atoms with van der Waals surface area (Å²) in [6, 6.07) is 7.67. The molecule has 1 nitrogen and oxygen atoms in total. The molecule has 21 heavy (non-hydrogen) atoms. The average molecular weight is 328 g/mol. The SMILES string of the molecule is Cc1cnc2c(C(F)(F)F)cccc2c1-c1ccc(Cl)s1. The van der Waals surface area contributed by atoms with Crippen molar-refractivity contribution in [3.05, 3.63) is 52.0 Å². The highest BCUT2D eigenvalue weighted by molar-refractivity contribution is 7.19. The maximum Gasteiger partial charge on any atom is 0.418 e. The molecule has 3 aromatic rings. The Balaban J connectivity index is 2.38. The van der Waals surface area contributed by atoms with E-state index in [1.807, 2.05) is 13.0 Å². The average Bonchev–Trinajstić information content (AvgIpc) is 2.83. The maximum absolute atomic E-state index is 13.1. The molecule has 1 aromatic carbocycles. The van der Waals surface area contributed by atoms with Crippen LogP contribution >= 0.6 is 22.9 Å². The Bertz CT molecular complexity index is 823. The standard InChI is InChI=1S/C15H9ClF3NS/c1-8-7-20-14-9(3-2-4-10(14)15(17,18)19)13(8)11-5-6-12(16)21-11/h2-7H,1H3. The van der Waals surface area contributed by atoms with E-state index >= 15 is 0 Å². The molecule has 0 saturated carbocycles. The van der Waals surface area contributed by atoms with Crippen LogP contribution in [0.4, 0.5) is 13.2 Å². The van der Waals surface area contributed by atoms with Crippen molar-refractivity contribution in [2.24, 2.45) is 0 Å². The third-order valence-electron chi connectivity index (χ3n) is 3.21. The predicted molar refractivity (Wildman–Crippen MR) is 79.8 cm³/mol. The minimum absolute atomic E-state index is 0.0323. The van der Waals surface area contributed by atoms with Crippen molar-refractivity contribution in [3.8, 4) is 10.4 Å². The molecule has 0 aliphatic carbocycles. The van der Waals surface area contributed by atoms with Crippen molar-refractivity contribution in [3.63, 3.8) is 0 Å². The maximum atomic E-state index is 13.1. The number of fused-ring (bicyclic) bond motifs is 1. The van der Waals surface area contributed by atoms with E-state index in [1.54, 1.807) is 12.1 Å². The quantitative estimate of drug-likeness (QED) is 0.538. The van der Waals surface area contributed by atoms with Crippen molar-refractivity contribution in [1.29, 1.82) is 0 Å². The van der Waals surface area contributed by atoms with E-state index in [0.29, 0.717) is 9.72 Å². The van der Waals surface area contributed by atoms with Gasteiger partial charge in [-0.25, -0.2) is 0 Å². The number of nitrogens with zero attached hydrogens (tertiary/aromatic N) is 1. The summed E-state index contributed by atoms with van der Waals surface area (Å²) in [6.07, 6.45) is -2.95. The molecule has 0 aliphatic rings. The first-order chi connectivity index (χ1) is 9.88. The summed E-state index contributed by atoms with van der Waals surface area (Å²) in [6.45, 7) is 1.83. The number of para-hydroxylation sites is 1. The molecule has 108 valence electrons. The Kier molecular flexibility index (Phi) is 3.42. The number of aryl methyl sites for hydroxylation is 1. The summed E-state index contributed by atoms with van der Waals surface area (Å²) in [5.41, 5.74) is 0.822. The third-order valence-corrected chi connectivity index (χ3v) is 4.46. The minimum Gasteiger partial charge on any atom is -0.255 e. The van der Waals surface area contributed by atoms with Crippen molar-refractivity contribution < 1.29 is 13.2 Å². The molecular weight excluding hydrogens is 319 g/mol. The lowest BCUT2D eigenvalue weighted by Gasteiger charge is -2.13. The number of benzene rings is 1. The van der Waals surface area contributed by atoms with Gasteiger partial charge in [-0.15, -0.1) is 11.3 Å². The second-order valence-corrected chi connectivity index (χ2v) is 6.33. The number of aromatic nitrogens is 1. The fraction of sp³-hybridized carbons (Fsp3) is 0.133. The van der Waals surface area contributed by atoms with Crippen LogP contribution < -0.4 is 0 Å². The Labute approximate surface area is 128 Å². The molecule has 0 radical (unpaired) electrons. The molecule has 0 fully saturated rings. The summed E-state index contributed by atoms with van der Waals surface area (Å²) < 4.78 is 39.9. The number of pyridine rings is 1. The monoisotopic (exact) mass is 327 g/mol. The molecule has 6 heteroatoms. The summed E-state index contributed by atoms with van der Waals surface area (Å²) in [5.74, 6) is 0. The van der Waals surface area contributed by atoms with Gasteiger partial charge in [0.05, 0.1) is 15.4 Å². The van der Waals surface area contributed by atoms with E-state index in [9.17, 15) is 13.2 Å². The topological polar surface area (TPSA) is 12.9 Å². The number of hydrogen-bond acceptors (Lipinski definition) is 2. The van der Waals surface area contributed by atoms with E-state index in [1.165, 1.54) is 23.6 Å². The fourth-order valence-electron chi connectivity index (χ4n) is 2.33. The Morgan fingerprint density at radius 1 is 1.14 bits per heavy atom. The minimum atomic E-state index is -4.42. The van der Waals surface area contributed by atoms with Gasteiger partial charge in [0.15, 0.2) is 0 Å². The molecule has 2 heterocycles. The van der Waals surface area contributed by atoms with Crippen LogP contribution in [0.5, 0.6) is 0 Å². The molecule has 0 N–H and O–H groups in total. The van der Waals surface area contributed by atoms with Gasteiger partial charge >= 0.3 is 6.18 Å². The van der Waals surface area contributed by atoms with Gasteiger partial charge in [-0.2, -0.15) is 13.2 Å². The zero-order chi connectivity index (χ0) is 15.2. The number of alkyl halides is 3. The van der Waals surface area contributed by atoms with Crippen LogP contribution in [0, 0.1) is 6.92 Å². The van der Waals surface area contributed by atoms with Crippen LogP contribution in [-0.2, 0) is 6.18 Å². The number of rotatable bonds is 1. The van der Waals surface area contributed by atoms with Crippen molar-refractivity contribution in [1.82, 2.24) is 4.98 Å². The molecule has 0 unspecified atom stereocenters. The summed E-state index contributed by atoms with van der Waals surface area (Å²) in [5, 5.41) is 0.489. The zero-order valence-electron chi connectivity index (χ0n) is 10.8. The van der Waals surface area contributed by atoms with E-state index < -0.39 is 11.7 Å². The largest absolute Gasteiger partial charge is 0.418 e. The normalized spacial score (nSPS) is 12.0.